The first-order valence-corrected chi connectivity index (χ1v) is 7.06. The lowest BCUT2D eigenvalue weighted by Crippen LogP contribution is -2.29. The number of carbonyl (C=O) groups excluding carboxylic acids is 1. The Morgan fingerprint density at radius 1 is 1.37 bits per heavy atom. The van der Waals surface area contributed by atoms with Gasteiger partial charge in [-0.25, -0.2) is 4.79 Å². The van der Waals surface area contributed by atoms with Gasteiger partial charge in [-0.2, -0.15) is 0 Å². The Morgan fingerprint density at radius 2 is 2.11 bits per heavy atom. The van der Waals surface area contributed by atoms with Gasteiger partial charge in [0.1, 0.15) is 0 Å². The first kappa shape index (κ1) is 11.3. The minimum Gasteiger partial charge on any atom is -0.355 e. The van der Waals surface area contributed by atoms with Crippen LogP contribution < -0.4 is 11.1 Å². The molecule has 5 atom stereocenters. The van der Waals surface area contributed by atoms with Crippen LogP contribution in [0.15, 0.2) is 9.32 Å². The van der Waals surface area contributed by atoms with Crippen LogP contribution in [0.4, 0.5) is 0 Å². The second kappa shape index (κ2) is 3.95. The minimum absolute atomic E-state index is 0.192. The highest BCUT2D eigenvalue weighted by molar-refractivity contribution is 5.82. The molecule has 102 valence electrons. The molecule has 2 N–H and O–H groups in total. The van der Waals surface area contributed by atoms with Crippen LogP contribution in [0.3, 0.4) is 0 Å². The number of fused-ring (bicyclic) bond motifs is 5. The Bertz CT molecular complexity index is 547. The molecule has 1 amide bonds. The number of nitrogens with zero attached hydrogens (tertiary/aromatic N) is 1. The average Bonchev–Trinajstić information content (AvgIpc) is 2.74. The van der Waals surface area contributed by atoms with E-state index in [1.54, 1.807) is 0 Å². The predicted octanol–water partition coefficient (Wildman–Crippen LogP) is 0.314. The second-order valence-corrected chi connectivity index (χ2v) is 6.10. The zero-order valence-electron chi connectivity index (χ0n) is 10.6. The first-order valence-electron chi connectivity index (χ1n) is 7.06. The molecule has 1 aromatic heterocycles. The van der Waals surface area contributed by atoms with Crippen LogP contribution in [-0.2, 0) is 11.2 Å². The van der Waals surface area contributed by atoms with Gasteiger partial charge in [-0.3, -0.25) is 14.3 Å². The number of hydrogen-bond donors (Lipinski definition) is 2. The van der Waals surface area contributed by atoms with Crippen molar-refractivity contribution in [1.82, 2.24) is 15.5 Å². The lowest BCUT2D eigenvalue weighted by molar-refractivity contribution is -0.123. The van der Waals surface area contributed by atoms with E-state index >= 15 is 0 Å². The number of hydrogen-bond acceptors (Lipinski definition) is 4. The second-order valence-electron chi connectivity index (χ2n) is 6.10. The fraction of sp³-hybridized carbons (Fsp3) is 0.769. The molecule has 0 aliphatic heterocycles. The third kappa shape index (κ3) is 1.73. The van der Waals surface area contributed by atoms with E-state index in [9.17, 15) is 9.59 Å². The summed E-state index contributed by atoms with van der Waals surface area (Å²) in [7, 11) is 0. The highest BCUT2D eigenvalue weighted by Gasteiger charge is 2.67. The van der Waals surface area contributed by atoms with Gasteiger partial charge in [0.25, 0.3) is 0 Å². The van der Waals surface area contributed by atoms with Gasteiger partial charge in [-0.1, -0.05) is 5.16 Å². The Morgan fingerprint density at radius 3 is 2.74 bits per heavy atom. The highest BCUT2D eigenvalue weighted by Crippen LogP contribution is 2.69. The zero-order valence-corrected chi connectivity index (χ0v) is 10.6. The van der Waals surface area contributed by atoms with Crippen molar-refractivity contribution in [1.29, 1.82) is 0 Å². The number of rotatable bonds is 4. The van der Waals surface area contributed by atoms with Crippen LogP contribution in [0, 0.1) is 29.6 Å². The predicted molar refractivity (Wildman–Crippen MR) is 65.1 cm³/mol. The van der Waals surface area contributed by atoms with Crippen molar-refractivity contribution in [3.8, 4) is 0 Å². The van der Waals surface area contributed by atoms with Crippen molar-refractivity contribution in [2.45, 2.75) is 25.7 Å². The molecular weight excluding hydrogens is 246 g/mol. The zero-order chi connectivity index (χ0) is 13.0. The van der Waals surface area contributed by atoms with E-state index in [0.29, 0.717) is 30.6 Å². The maximum Gasteiger partial charge on any atom is 0.438 e. The molecule has 3 fully saturated rings. The molecule has 1 heterocycles. The van der Waals surface area contributed by atoms with E-state index in [4.69, 9.17) is 0 Å². The molecule has 0 aromatic carbocycles. The van der Waals surface area contributed by atoms with E-state index in [-0.39, 0.29) is 11.8 Å². The van der Waals surface area contributed by atoms with Crippen LogP contribution >= 0.6 is 0 Å². The number of nitrogens with one attached hydrogen (secondary N) is 2. The summed E-state index contributed by atoms with van der Waals surface area (Å²) in [6.07, 6.45) is 4.53. The van der Waals surface area contributed by atoms with Crippen molar-refractivity contribution in [2.24, 2.45) is 29.6 Å². The van der Waals surface area contributed by atoms with Crippen LogP contribution in [0.5, 0.6) is 0 Å². The first-order chi connectivity index (χ1) is 9.24. The van der Waals surface area contributed by atoms with E-state index in [2.05, 4.69) is 20.0 Å². The minimum atomic E-state index is -0.547. The topological polar surface area (TPSA) is 88.0 Å². The molecule has 0 radical (unpaired) electrons. The summed E-state index contributed by atoms with van der Waals surface area (Å²) in [5.41, 5.74) is 0. The van der Waals surface area contributed by atoms with Crippen LogP contribution in [0.2, 0.25) is 0 Å². The van der Waals surface area contributed by atoms with Gasteiger partial charge in [-0.05, 0) is 42.9 Å². The van der Waals surface area contributed by atoms with Gasteiger partial charge >= 0.3 is 5.76 Å². The summed E-state index contributed by atoms with van der Waals surface area (Å²) < 4.78 is 4.41. The third-order valence-corrected chi connectivity index (χ3v) is 5.18. The highest BCUT2D eigenvalue weighted by atomic mass is 16.5. The molecule has 6 nitrogen and oxygen atoms in total. The Kier molecular flexibility index (Phi) is 2.34. The molecule has 3 aliphatic rings. The van der Waals surface area contributed by atoms with Gasteiger partial charge in [0.15, 0.2) is 5.82 Å². The van der Waals surface area contributed by atoms with Gasteiger partial charge in [0.05, 0.1) is 0 Å². The van der Waals surface area contributed by atoms with Crippen molar-refractivity contribution in [3.05, 3.63) is 16.4 Å². The normalized spacial score (nSPS) is 38.2. The lowest BCUT2D eigenvalue weighted by atomic mass is 10.0. The molecule has 0 spiro atoms. The molecule has 0 saturated heterocycles. The number of aromatic nitrogens is 2. The lowest BCUT2D eigenvalue weighted by Gasteiger charge is -2.08. The number of carbonyl (C=O) groups is 1. The fourth-order valence-electron chi connectivity index (χ4n) is 4.47. The van der Waals surface area contributed by atoms with Gasteiger partial charge in [-0.15, -0.1) is 0 Å². The summed E-state index contributed by atoms with van der Waals surface area (Å²) in [6, 6.07) is 0. The number of aromatic amines is 1. The van der Waals surface area contributed by atoms with Crippen LogP contribution in [0.1, 0.15) is 25.1 Å². The monoisotopic (exact) mass is 263 g/mol. The molecule has 4 rings (SSSR count). The fourth-order valence-corrected chi connectivity index (χ4v) is 4.47. The summed E-state index contributed by atoms with van der Waals surface area (Å²) >= 11 is 0. The molecule has 3 aliphatic carbocycles. The molecule has 1 unspecified atom stereocenters. The van der Waals surface area contributed by atoms with Gasteiger partial charge in [0, 0.05) is 18.9 Å². The Hall–Kier alpha value is -1.59. The quantitative estimate of drug-likeness (QED) is 0.818. The van der Waals surface area contributed by atoms with E-state index in [1.807, 2.05) is 0 Å². The van der Waals surface area contributed by atoms with E-state index < -0.39 is 5.76 Å². The summed E-state index contributed by atoms with van der Waals surface area (Å²) in [5.74, 6) is 3.38. The Balaban J connectivity index is 1.28. The van der Waals surface area contributed by atoms with Crippen molar-refractivity contribution >= 4 is 5.91 Å². The average molecular weight is 263 g/mol. The standard InChI is InChI=1S/C13H17N3O3/c17-12(14-4-3-8-15-13(18)19-16-8)11-9-6-1-2-7(5-6)10(9)11/h6-7,9-11H,1-5H2,(H,14,17)(H,15,16,18)/t6-,7+,9+,10-,11?. The molecule has 1 aromatic rings. The molecule has 6 heteroatoms. The van der Waals surface area contributed by atoms with Crippen molar-refractivity contribution in [3.63, 3.8) is 0 Å². The molecule has 3 saturated carbocycles. The van der Waals surface area contributed by atoms with E-state index in [1.165, 1.54) is 19.3 Å². The summed E-state index contributed by atoms with van der Waals surface area (Å²) in [6.45, 7) is 0.507. The van der Waals surface area contributed by atoms with Gasteiger partial charge < -0.3 is 5.32 Å². The Labute approximate surface area is 109 Å². The molecular formula is C13H17N3O3. The largest absolute Gasteiger partial charge is 0.438 e. The molecule has 19 heavy (non-hydrogen) atoms. The third-order valence-electron chi connectivity index (χ3n) is 5.18. The summed E-state index contributed by atoms with van der Waals surface area (Å²) in [5, 5.41) is 6.53. The maximum atomic E-state index is 12.1. The van der Waals surface area contributed by atoms with Gasteiger partial charge in [0.2, 0.25) is 5.91 Å². The summed E-state index contributed by atoms with van der Waals surface area (Å²) in [4.78, 5) is 25.3. The van der Waals surface area contributed by atoms with E-state index in [0.717, 1.165) is 11.8 Å². The number of amides is 1. The SMILES string of the molecule is O=C(NCCc1noc(=O)[nH]1)C1[C@@H]2[C@H]3CC[C@H](C3)[C@H]12. The van der Waals surface area contributed by atoms with Crippen molar-refractivity contribution in [2.75, 3.05) is 6.54 Å². The van der Waals surface area contributed by atoms with Crippen LogP contribution in [-0.4, -0.2) is 22.6 Å². The number of H-pyrrole nitrogens is 1. The molecule has 2 bridgehead atoms. The van der Waals surface area contributed by atoms with Crippen molar-refractivity contribution < 1.29 is 9.32 Å². The maximum absolute atomic E-state index is 12.1. The van der Waals surface area contributed by atoms with Crippen LogP contribution in [0.25, 0.3) is 0 Å². The smallest absolute Gasteiger partial charge is 0.355 e.